The zero-order valence-corrected chi connectivity index (χ0v) is 13.4. The maximum atomic E-state index is 12.2. The molecule has 120 valence electrons. The van der Waals surface area contributed by atoms with E-state index >= 15 is 0 Å². The Kier molecular flexibility index (Phi) is 6.59. The van der Waals surface area contributed by atoms with Gasteiger partial charge < -0.3 is 10.6 Å². The number of rotatable bonds is 8. The third-order valence-electron chi connectivity index (χ3n) is 4.12. The van der Waals surface area contributed by atoms with Gasteiger partial charge in [-0.25, -0.2) is 0 Å². The molecule has 0 heterocycles. The summed E-state index contributed by atoms with van der Waals surface area (Å²) in [5.41, 5.74) is 3.44. The van der Waals surface area contributed by atoms with Crippen molar-refractivity contribution in [3.05, 3.63) is 34.9 Å². The van der Waals surface area contributed by atoms with Crippen molar-refractivity contribution in [2.45, 2.75) is 45.4 Å². The summed E-state index contributed by atoms with van der Waals surface area (Å²) in [6.45, 7) is 4.30. The SMILES string of the molecule is CCNCCNC(=O)CCC(=O)c1ccc2c(c1)CCCC2. The van der Waals surface area contributed by atoms with Gasteiger partial charge in [0, 0.05) is 31.5 Å². The Balaban J connectivity index is 1.78. The number of hydrogen-bond acceptors (Lipinski definition) is 3. The average molecular weight is 302 g/mol. The summed E-state index contributed by atoms with van der Waals surface area (Å²) in [5, 5.41) is 5.96. The van der Waals surface area contributed by atoms with Crippen LogP contribution in [0.4, 0.5) is 0 Å². The summed E-state index contributed by atoms with van der Waals surface area (Å²) in [7, 11) is 0. The van der Waals surface area contributed by atoms with Gasteiger partial charge in [-0.05, 0) is 49.4 Å². The molecule has 1 amide bonds. The molecular formula is C18H26N2O2. The highest BCUT2D eigenvalue weighted by molar-refractivity contribution is 5.98. The summed E-state index contributed by atoms with van der Waals surface area (Å²) in [6, 6.07) is 6.02. The van der Waals surface area contributed by atoms with E-state index in [0.717, 1.165) is 31.5 Å². The van der Waals surface area contributed by atoms with Gasteiger partial charge in [0.05, 0.1) is 0 Å². The van der Waals surface area contributed by atoms with Crippen molar-refractivity contribution in [2.24, 2.45) is 0 Å². The second kappa shape index (κ2) is 8.69. The summed E-state index contributed by atoms with van der Waals surface area (Å²) >= 11 is 0. The molecule has 1 aromatic carbocycles. The molecule has 0 bridgehead atoms. The number of hydrogen-bond donors (Lipinski definition) is 2. The van der Waals surface area contributed by atoms with Crippen molar-refractivity contribution in [3.8, 4) is 0 Å². The maximum absolute atomic E-state index is 12.2. The molecule has 4 heteroatoms. The topological polar surface area (TPSA) is 58.2 Å². The van der Waals surface area contributed by atoms with Gasteiger partial charge in [0.1, 0.15) is 0 Å². The fourth-order valence-corrected chi connectivity index (χ4v) is 2.83. The second-order valence-corrected chi connectivity index (χ2v) is 5.82. The number of benzene rings is 1. The summed E-state index contributed by atoms with van der Waals surface area (Å²) in [4.78, 5) is 23.9. The molecule has 0 saturated carbocycles. The van der Waals surface area contributed by atoms with Crippen LogP contribution in [0.1, 0.15) is 54.1 Å². The predicted molar refractivity (Wildman–Crippen MR) is 88.2 cm³/mol. The normalized spacial score (nSPS) is 13.5. The van der Waals surface area contributed by atoms with E-state index in [0.29, 0.717) is 6.54 Å². The molecule has 0 atom stereocenters. The van der Waals surface area contributed by atoms with Gasteiger partial charge in [-0.3, -0.25) is 9.59 Å². The lowest BCUT2D eigenvalue weighted by Gasteiger charge is -2.16. The minimum Gasteiger partial charge on any atom is -0.355 e. The van der Waals surface area contributed by atoms with E-state index in [1.165, 1.54) is 24.0 Å². The smallest absolute Gasteiger partial charge is 0.220 e. The molecular weight excluding hydrogens is 276 g/mol. The molecule has 0 radical (unpaired) electrons. The first-order valence-electron chi connectivity index (χ1n) is 8.33. The largest absolute Gasteiger partial charge is 0.355 e. The molecule has 0 spiro atoms. The van der Waals surface area contributed by atoms with Gasteiger partial charge >= 0.3 is 0 Å². The first kappa shape index (κ1) is 16.7. The lowest BCUT2D eigenvalue weighted by molar-refractivity contribution is -0.121. The van der Waals surface area contributed by atoms with E-state index in [1.54, 1.807) is 0 Å². The number of carbonyl (C=O) groups is 2. The lowest BCUT2D eigenvalue weighted by Crippen LogP contribution is -2.31. The highest BCUT2D eigenvalue weighted by Crippen LogP contribution is 2.22. The monoisotopic (exact) mass is 302 g/mol. The second-order valence-electron chi connectivity index (χ2n) is 5.82. The molecule has 0 aliphatic heterocycles. The van der Waals surface area contributed by atoms with E-state index in [-0.39, 0.29) is 24.5 Å². The van der Waals surface area contributed by atoms with Gasteiger partial charge in [-0.2, -0.15) is 0 Å². The highest BCUT2D eigenvalue weighted by atomic mass is 16.2. The summed E-state index contributed by atoms with van der Waals surface area (Å²) < 4.78 is 0. The van der Waals surface area contributed by atoms with Crippen LogP contribution in [0.2, 0.25) is 0 Å². The van der Waals surface area contributed by atoms with E-state index in [9.17, 15) is 9.59 Å². The van der Waals surface area contributed by atoms with Crippen LogP contribution in [0.3, 0.4) is 0 Å². The Hall–Kier alpha value is -1.68. The van der Waals surface area contributed by atoms with Crippen molar-refractivity contribution < 1.29 is 9.59 Å². The molecule has 0 aromatic heterocycles. The Morgan fingerprint density at radius 3 is 2.59 bits per heavy atom. The molecule has 4 nitrogen and oxygen atoms in total. The third kappa shape index (κ3) is 4.95. The molecule has 0 saturated heterocycles. The van der Waals surface area contributed by atoms with Gasteiger partial charge in [0.15, 0.2) is 5.78 Å². The van der Waals surface area contributed by atoms with Crippen LogP contribution < -0.4 is 10.6 Å². The van der Waals surface area contributed by atoms with Crippen molar-refractivity contribution in [1.82, 2.24) is 10.6 Å². The number of carbonyl (C=O) groups excluding carboxylic acids is 2. The van der Waals surface area contributed by atoms with Crippen molar-refractivity contribution in [2.75, 3.05) is 19.6 Å². The first-order chi connectivity index (χ1) is 10.7. The molecule has 1 aliphatic carbocycles. The van der Waals surface area contributed by atoms with E-state index in [2.05, 4.69) is 16.7 Å². The van der Waals surface area contributed by atoms with Crippen LogP contribution in [0.5, 0.6) is 0 Å². The van der Waals surface area contributed by atoms with Crippen molar-refractivity contribution in [3.63, 3.8) is 0 Å². The number of nitrogens with one attached hydrogen (secondary N) is 2. The molecule has 0 fully saturated rings. The first-order valence-corrected chi connectivity index (χ1v) is 8.33. The lowest BCUT2D eigenvalue weighted by atomic mass is 9.89. The summed E-state index contributed by atoms with van der Waals surface area (Å²) in [5.74, 6) is 0.0134. The van der Waals surface area contributed by atoms with Gasteiger partial charge in [0.25, 0.3) is 0 Å². The van der Waals surface area contributed by atoms with Gasteiger partial charge in [0.2, 0.25) is 5.91 Å². The zero-order valence-electron chi connectivity index (χ0n) is 13.4. The molecule has 1 aromatic rings. The van der Waals surface area contributed by atoms with Crippen LogP contribution in [0, 0.1) is 0 Å². The molecule has 2 rings (SSSR count). The average Bonchev–Trinajstić information content (AvgIpc) is 2.56. The van der Waals surface area contributed by atoms with Gasteiger partial charge in [-0.15, -0.1) is 0 Å². The van der Waals surface area contributed by atoms with E-state index in [1.807, 2.05) is 19.1 Å². The van der Waals surface area contributed by atoms with Crippen molar-refractivity contribution >= 4 is 11.7 Å². The number of amides is 1. The quantitative estimate of drug-likeness (QED) is 0.572. The van der Waals surface area contributed by atoms with Crippen LogP contribution >= 0.6 is 0 Å². The van der Waals surface area contributed by atoms with E-state index in [4.69, 9.17) is 0 Å². The van der Waals surface area contributed by atoms with Gasteiger partial charge in [-0.1, -0.05) is 19.1 Å². The molecule has 1 aliphatic rings. The molecule has 2 N–H and O–H groups in total. The number of fused-ring (bicyclic) bond motifs is 1. The third-order valence-corrected chi connectivity index (χ3v) is 4.12. The fourth-order valence-electron chi connectivity index (χ4n) is 2.83. The van der Waals surface area contributed by atoms with Crippen LogP contribution in [-0.4, -0.2) is 31.3 Å². The number of Topliss-reactive ketones (excluding diaryl/α,β-unsaturated/α-hetero) is 1. The predicted octanol–water partition coefficient (Wildman–Crippen LogP) is 2.25. The number of likely N-dealkylation sites (N-methyl/N-ethyl adjacent to an activating group) is 1. The van der Waals surface area contributed by atoms with Crippen LogP contribution in [0.25, 0.3) is 0 Å². The summed E-state index contributed by atoms with van der Waals surface area (Å²) in [6.07, 6.45) is 5.19. The van der Waals surface area contributed by atoms with E-state index < -0.39 is 0 Å². The number of ketones is 1. The Morgan fingerprint density at radius 2 is 1.82 bits per heavy atom. The molecule has 0 unspecified atom stereocenters. The Morgan fingerprint density at radius 1 is 1.05 bits per heavy atom. The maximum Gasteiger partial charge on any atom is 0.220 e. The van der Waals surface area contributed by atoms with Crippen molar-refractivity contribution in [1.29, 1.82) is 0 Å². The minimum atomic E-state index is -0.0517. The Labute approximate surface area is 132 Å². The fraction of sp³-hybridized carbons (Fsp3) is 0.556. The Bertz CT molecular complexity index is 526. The highest BCUT2D eigenvalue weighted by Gasteiger charge is 2.13. The standard InChI is InChI=1S/C18H26N2O2/c1-2-19-11-12-20-18(22)10-9-17(21)16-8-7-14-5-3-4-6-15(14)13-16/h7-8,13,19H,2-6,9-12H2,1H3,(H,20,22). The van der Waals surface area contributed by atoms with Crippen LogP contribution in [-0.2, 0) is 17.6 Å². The zero-order chi connectivity index (χ0) is 15.8. The number of aryl methyl sites for hydroxylation is 2. The minimum absolute atomic E-state index is 0.0517. The molecule has 22 heavy (non-hydrogen) atoms. The van der Waals surface area contributed by atoms with Crippen LogP contribution in [0.15, 0.2) is 18.2 Å².